The van der Waals surface area contributed by atoms with E-state index in [2.05, 4.69) is 10.6 Å². The number of urea groups is 1. The number of anilines is 2. The molecule has 10 heteroatoms. The minimum atomic E-state index is -4.46. The largest absolute Gasteiger partial charge is 0.416 e. The molecule has 0 spiro atoms. The van der Waals surface area contributed by atoms with E-state index in [1.54, 1.807) is 29.2 Å². The monoisotopic (exact) mass is 446 g/mol. The number of alkyl halides is 3. The van der Waals surface area contributed by atoms with Crippen LogP contribution in [0.2, 0.25) is 0 Å². The molecular formula is C22H21F3N4O3. The Bertz CT molecular complexity index is 1040. The summed E-state index contributed by atoms with van der Waals surface area (Å²) in [5.74, 6) is -1.22. The van der Waals surface area contributed by atoms with Crippen LogP contribution in [0.4, 0.5) is 29.3 Å². The van der Waals surface area contributed by atoms with Crippen molar-refractivity contribution in [3.05, 3.63) is 59.7 Å². The highest BCUT2D eigenvalue weighted by Crippen LogP contribution is 2.30. The van der Waals surface area contributed by atoms with Gasteiger partial charge in [0.25, 0.3) is 0 Å². The Morgan fingerprint density at radius 2 is 1.88 bits per heavy atom. The van der Waals surface area contributed by atoms with E-state index in [-0.39, 0.29) is 37.4 Å². The normalized spacial score (nSPS) is 18.8. The maximum atomic E-state index is 12.9. The smallest absolute Gasteiger partial charge is 0.338 e. The zero-order valence-corrected chi connectivity index (χ0v) is 17.0. The molecule has 0 bridgehead atoms. The Balaban J connectivity index is 1.35. The van der Waals surface area contributed by atoms with E-state index in [1.807, 2.05) is 0 Å². The van der Waals surface area contributed by atoms with Crippen molar-refractivity contribution in [2.24, 2.45) is 5.92 Å². The number of nitrogens with zero attached hydrogens (tertiary/aromatic N) is 2. The Hall–Kier alpha value is -3.56. The van der Waals surface area contributed by atoms with E-state index in [1.165, 1.54) is 17.0 Å². The van der Waals surface area contributed by atoms with Gasteiger partial charge in [-0.1, -0.05) is 12.1 Å². The molecule has 32 heavy (non-hydrogen) atoms. The average molecular weight is 446 g/mol. The summed E-state index contributed by atoms with van der Waals surface area (Å²) >= 11 is 0. The number of benzene rings is 2. The minimum Gasteiger partial charge on any atom is -0.338 e. The van der Waals surface area contributed by atoms with E-state index in [9.17, 15) is 27.6 Å². The topological polar surface area (TPSA) is 81.8 Å². The van der Waals surface area contributed by atoms with Gasteiger partial charge in [-0.25, -0.2) is 4.79 Å². The third-order valence-corrected chi connectivity index (χ3v) is 5.52. The highest BCUT2D eigenvalue weighted by atomic mass is 19.4. The number of hydrogen-bond donors (Lipinski definition) is 2. The lowest BCUT2D eigenvalue weighted by atomic mass is 10.1. The summed E-state index contributed by atoms with van der Waals surface area (Å²) < 4.78 is 38.7. The third-order valence-electron chi connectivity index (χ3n) is 5.52. The molecule has 2 aromatic carbocycles. The van der Waals surface area contributed by atoms with Gasteiger partial charge in [-0.15, -0.1) is 0 Å². The van der Waals surface area contributed by atoms with Crippen LogP contribution in [0.25, 0.3) is 0 Å². The Labute approximate surface area is 182 Å². The lowest BCUT2D eigenvalue weighted by molar-refractivity contribution is -0.137. The molecule has 0 aliphatic carbocycles. The minimum absolute atomic E-state index is 0.00315. The number of rotatable bonds is 5. The summed E-state index contributed by atoms with van der Waals surface area (Å²) in [7, 11) is 0. The molecule has 0 radical (unpaired) electrons. The van der Waals surface area contributed by atoms with Gasteiger partial charge in [0.1, 0.15) is 0 Å². The van der Waals surface area contributed by atoms with Crippen LogP contribution in [0.15, 0.2) is 48.5 Å². The summed E-state index contributed by atoms with van der Waals surface area (Å²) in [5, 5.41) is 5.47. The molecule has 7 nitrogen and oxygen atoms in total. The second-order valence-electron chi connectivity index (χ2n) is 7.79. The van der Waals surface area contributed by atoms with Crippen LogP contribution in [0.3, 0.4) is 0 Å². The molecule has 4 amide bonds. The third kappa shape index (κ3) is 4.68. The summed E-state index contributed by atoms with van der Waals surface area (Å²) in [6, 6.07) is 11.4. The van der Waals surface area contributed by atoms with Crippen LogP contribution in [0.1, 0.15) is 17.5 Å². The van der Waals surface area contributed by atoms with Crippen LogP contribution < -0.4 is 15.5 Å². The molecule has 2 aromatic rings. The Kier molecular flexibility index (Phi) is 5.77. The first kappa shape index (κ1) is 21.7. The summed E-state index contributed by atoms with van der Waals surface area (Å²) in [6.45, 7) is 1.28. The fourth-order valence-electron chi connectivity index (χ4n) is 3.85. The maximum Gasteiger partial charge on any atom is 0.416 e. The van der Waals surface area contributed by atoms with Crippen molar-refractivity contribution >= 4 is 29.2 Å². The lowest BCUT2D eigenvalue weighted by Crippen LogP contribution is -2.28. The van der Waals surface area contributed by atoms with E-state index in [4.69, 9.17) is 0 Å². The number of halogens is 3. The van der Waals surface area contributed by atoms with E-state index in [0.29, 0.717) is 30.0 Å². The number of hydrogen-bond acceptors (Lipinski definition) is 3. The predicted octanol–water partition coefficient (Wildman–Crippen LogP) is 3.22. The SMILES string of the molecule is O=C(Nc1ccc(N2CCNC2=O)cc1)C1CC(=O)N(Cc2cccc(C(F)(F)F)c2)C1. The quantitative estimate of drug-likeness (QED) is 0.740. The Morgan fingerprint density at radius 3 is 2.53 bits per heavy atom. The fourth-order valence-corrected chi connectivity index (χ4v) is 3.85. The second-order valence-corrected chi connectivity index (χ2v) is 7.79. The second kappa shape index (κ2) is 8.52. The van der Waals surface area contributed by atoms with Crippen molar-refractivity contribution in [1.82, 2.24) is 10.2 Å². The number of carbonyl (C=O) groups excluding carboxylic acids is 3. The molecule has 0 saturated carbocycles. The van der Waals surface area contributed by atoms with Gasteiger partial charge in [0.2, 0.25) is 11.8 Å². The first-order valence-electron chi connectivity index (χ1n) is 10.1. The van der Waals surface area contributed by atoms with Gasteiger partial charge in [0.05, 0.1) is 11.5 Å². The molecule has 1 atom stereocenters. The summed E-state index contributed by atoms with van der Waals surface area (Å²) in [6.07, 6.45) is -4.46. The van der Waals surface area contributed by atoms with Crippen LogP contribution >= 0.6 is 0 Å². The van der Waals surface area contributed by atoms with E-state index >= 15 is 0 Å². The van der Waals surface area contributed by atoms with Crippen molar-refractivity contribution < 1.29 is 27.6 Å². The van der Waals surface area contributed by atoms with Crippen molar-refractivity contribution in [2.45, 2.75) is 19.1 Å². The molecule has 2 fully saturated rings. The van der Waals surface area contributed by atoms with Crippen molar-refractivity contribution in [3.8, 4) is 0 Å². The standard InChI is InChI=1S/C22H21F3N4O3/c23-22(24,25)16-3-1-2-14(10-16)12-28-13-15(11-19(28)30)20(31)27-17-4-6-18(7-5-17)29-9-8-26-21(29)32/h1-7,10,15H,8-9,11-13H2,(H,26,32)(H,27,31). The molecule has 168 valence electrons. The number of carbonyl (C=O) groups is 3. The van der Waals surface area contributed by atoms with Gasteiger partial charge in [-0.3, -0.25) is 14.5 Å². The van der Waals surface area contributed by atoms with Crippen LogP contribution in [-0.2, 0) is 22.3 Å². The lowest BCUT2D eigenvalue weighted by Gasteiger charge is -2.18. The first-order valence-corrected chi connectivity index (χ1v) is 10.1. The van der Waals surface area contributed by atoms with Gasteiger partial charge >= 0.3 is 12.2 Å². The van der Waals surface area contributed by atoms with E-state index < -0.39 is 17.7 Å². The van der Waals surface area contributed by atoms with Gasteiger partial charge in [0.15, 0.2) is 0 Å². The highest BCUT2D eigenvalue weighted by Gasteiger charge is 2.35. The maximum absolute atomic E-state index is 12.9. The molecule has 0 aromatic heterocycles. The molecule has 2 saturated heterocycles. The van der Waals surface area contributed by atoms with Crippen LogP contribution in [0.5, 0.6) is 0 Å². The molecule has 1 unspecified atom stereocenters. The van der Waals surface area contributed by atoms with E-state index in [0.717, 1.165) is 12.1 Å². The zero-order valence-electron chi connectivity index (χ0n) is 17.0. The van der Waals surface area contributed by atoms with Gasteiger partial charge < -0.3 is 15.5 Å². The van der Waals surface area contributed by atoms with Gasteiger partial charge in [0, 0.05) is 44.0 Å². The highest BCUT2D eigenvalue weighted by molar-refractivity contribution is 5.98. The number of amides is 4. The van der Waals surface area contributed by atoms with Crippen LogP contribution in [0, 0.1) is 5.92 Å². The van der Waals surface area contributed by atoms with Crippen molar-refractivity contribution in [3.63, 3.8) is 0 Å². The predicted molar refractivity (Wildman–Crippen MR) is 111 cm³/mol. The Morgan fingerprint density at radius 1 is 1.12 bits per heavy atom. The molecule has 2 N–H and O–H groups in total. The molecular weight excluding hydrogens is 425 g/mol. The molecule has 2 aliphatic rings. The van der Waals surface area contributed by atoms with Crippen molar-refractivity contribution in [2.75, 3.05) is 29.9 Å². The number of likely N-dealkylation sites (tertiary alicyclic amines) is 1. The van der Waals surface area contributed by atoms with Crippen molar-refractivity contribution in [1.29, 1.82) is 0 Å². The zero-order chi connectivity index (χ0) is 22.9. The summed E-state index contributed by atoms with van der Waals surface area (Å²) in [5.41, 5.74) is 0.824. The van der Waals surface area contributed by atoms with Gasteiger partial charge in [-0.2, -0.15) is 13.2 Å². The van der Waals surface area contributed by atoms with Crippen LogP contribution in [-0.4, -0.2) is 42.4 Å². The number of nitrogens with one attached hydrogen (secondary N) is 2. The average Bonchev–Trinajstić information content (AvgIpc) is 3.34. The molecule has 2 aliphatic heterocycles. The molecule has 2 heterocycles. The fraction of sp³-hybridized carbons (Fsp3) is 0.318. The van der Waals surface area contributed by atoms with Gasteiger partial charge in [-0.05, 0) is 42.0 Å². The molecule has 4 rings (SSSR count). The first-order chi connectivity index (χ1) is 15.2. The summed E-state index contributed by atoms with van der Waals surface area (Å²) in [4.78, 5) is 39.7.